The van der Waals surface area contributed by atoms with Gasteiger partial charge in [-0.3, -0.25) is 4.18 Å². The Labute approximate surface area is 89.5 Å². The zero-order chi connectivity index (χ0) is 7.98. The molecule has 0 rings (SSSR count). The van der Waals surface area contributed by atoms with Gasteiger partial charge >= 0.3 is 29.6 Å². The molecular weight excluding hydrogens is 183 g/mol. The van der Waals surface area contributed by atoms with Crippen LogP contribution in [0.5, 0.6) is 0 Å². The van der Waals surface area contributed by atoms with Gasteiger partial charge in [0.15, 0.2) is 0 Å². The molecule has 2 atom stereocenters. The molecule has 0 aromatic carbocycles. The van der Waals surface area contributed by atoms with Crippen molar-refractivity contribution in [2.45, 2.75) is 12.5 Å². The van der Waals surface area contributed by atoms with Gasteiger partial charge in [0.05, 0.1) is 24.1 Å². The van der Waals surface area contributed by atoms with Gasteiger partial charge in [0.2, 0.25) is 0 Å². The molecule has 0 aromatic rings. The summed E-state index contributed by atoms with van der Waals surface area (Å²) in [5.41, 5.74) is 0. The van der Waals surface area contributed by atoms with E-state index in [0.717, 1.165) is 0 Å². The maximum absolute atomic E-state index is 9.83. The first kappa shape index (κ1) is 14.5. The van der Waals surface area contributed by atoms with E-state index in [1.54, 1.807) is 0 Å². The van der Waals surface area contributed by atoms with Crippen LogP contribution in [-0.4, -0.2) is 38.3 Å². The van der Waals surface area contributed by atoms with Gasteiger partial charge in [0, 0.05) is 13.0 Å². The fraction of sp³-hybridized carbons (Fsp3) is 1.00. The standard InChI is InChI=1S/C4H10O5S.Na/c5-2-1-4(3-6)9-10(7)8;/h4-6H,1-3H2,(H,7,8);/q;+1/p-1. The minimum atomic E-state index is -2.62. The third kappa shape index (κ3) is 8.90. The van der Waals surface area contributed by atoms with Crippen LogP contribution in [0.2, 0.25) is 0 Å². The first-order valence-electron chi connectivity index (χ1n) is 2.68. The van der Waals surface area contributed by atoms with Crippen molar-refractivity contribution in [3.05, 3.63) is 0 Å². The predicted octanol–water partition coefficient (Wildman–Crippen LogP) is -4.46. The van der Waals surface area contributed by atoms with E-state index >= 15 is 0 Å². The molecule has 0 saturated carbocycles. The van der Waals surface area contributed by atoms with Crippen LogP contribution < -0.4 is 29.6 Å². The molecule has 0 heterocycles. The average molecular weight is 192 g/mol. The molecule has 0 aliphatic heterocycles. The number of aliphatic hydroxyl groups is 2. The average Bonchev–Trinajstić information content (AvgIpc) is 1.86. The molecule has 0 aliphatic carbocycles. The molecule has 0 aromatic heterocycles. The minimum Gasteiger partial charge on any atom is -0.750 e. The van der Waals surface area contributed by atoms with Gasteiger partial charge in [-0.2, -0.15) is 0 Å². The van der Waals surface area contributed by atoms with Crippen LogP contribution in [-0.2, 0) is 15.5 Å². The summed E-state index contributed by atoms with van der Waals surface area (Å²) in [5, 5.41) is 16.7. The third-order valence-corrected chi connectivity index (χ3v) is 1.30. The fourth-order valence-electron chi connectivity index (χ4n) is 0.425. The zero-order valence-corrected chi connectivity index (χ0v) is 9.04. The van der Waals surface area contributed by atoms with Crippen molar-refractivity contribution in [2.24, 2.45) is 0 Å². The largest absolute Gasteiger partial charge is 1.00 e. The molecule has 5 nitrogen and oxygen atoms in total. The summed E-state index contributed by atoms with van der Waals surface area (Å²) in [6, 6.07) is 0. The Bertz CT molecular complexity index is 111. The Hall–Kier alpha value is 0.990. The van der Waals surface area contributed by atoms with Crippen LogP contribution in [0.15, 0.2) is 0 Å². The predicted molar refractivity (Wildman–Crippen MR) is 32.6 cm³/mol. The van der Waals surface area contributed by atoms with Crippen LogP contribution in [0.4, 0.5) is 0 Å². The second-order valence-electron chi connectivity index (χ2n) is 1.62. The van der Waals surface area contributed by atoms with E-state index in [2.05, 4.69) is 4.18 Å². The second kappa shape index (κ2) is 9.08. The molecule has 7 heteroatoms. The molecule has 0 spiro atoms. The number of hydrogen-bond donors (Lipinski definition) is 2. The van der Waals surface area contributed by atoms with E-state index in [4.69, 9.17) is 10.2 Å². The van der Waals surface area contributed by atoms with E-state index in [-0.39, 0.29) is 42.6 Å². The van der Waals surface area contributed by atoms with Crippen molar-refractivity contribution in [3.8, 4) is 0 Å². The SMILES string of the molecule is O=S([O-])OC(CO)CCO.[Na+]. The second-order valence-corrected chi connectivity index (χ2v) is 2.22. The van der Waals surface area contributed by atoms with Crippen LogP contribution in [0.3, 0.4) is 0 Å². The first-order valence-corrected chi connectivity index (χ1v) is 3.68. The number of rotatable bonds is 5. The molecule has 0 radical (unpaired) electrons. The molecule has 0 fully saturated rings. The van der Waals surface area contributed by atoms with Crippen molar-refractivity contribution < 1.29 is 52.7 Å². The Kier molecular flexibility index (Phi) is 12.0. The normalized spacial score (nSPS) is 15.2. The van der Waals surface area contributed by atoms with E-state index in [9.17, 15) is 8.76 Å². The number of aliphatic hydroxyl groups excluding tert-OH is 2. The fourth-order valence-corrected chi connectivity index (χ4v) is 0.804. The third-order valence-electron chi connectivity index (χ3n) is 0.869. The first-order chi connectivity index (χ1) is 4.70. The van der Waals surface area contributed by atoms with Gasteiger partial charge in [-0.1, -0.05) is 0 Å². The van der Waals surface area contributed by atoms with E-state index in [0.29, 0.717) is 0 Å². The van der Waals surface area contributed by atoms with E-state index in [1.165, 1.54) is 0 Å². The monoisotopic (exact) mass is 192 g/mol. The maximum atomic E-state index is 9.83. The molecule has 0 saturated heterocycles. The van der Waals surface area contributed by atoms with Crippen molar-refractivity contribution in [2.75, 3.05) is 13.2 Å². The Morgan fingerprint density at radius 2 is 2.09 bits per heavy atom. The van der Waals surface area contributed by atoms with Crippen molar-refractivity contribution in [1.82, 2.24) is 0 Å². The van der Waals surface area contributed by atoms with Crippen molar-refractivity contribution in [1.29, 1.82) is 0 Å². The number of hydrogen-bond acceptors (Lipinski definition) is 5. The van der Waals surface area contributed by atoms with Gasteiger partial charge in [-0.25, -0.2) is 4.21 Å². The van der Waals surface area contributed by atoms with Gasteiger partial charge < -0.3 is 14.8 Å². The van der Waals surface area contributed by atoms with Gasteiger partial charge in [0.1, 0.15) is 0 Å². The Morgan fingerprint density at radius 1 is 1.55 bits per heavy atom. The molecule has 0 aliphatic rings. The Balaban J connectivity index is 0. The van der Waals surface area contributed by atoms with E-state index in [1.807, 2.05) is 0 Å². The quantitative estimate of drug-likeness (QED) is 0.339. The summed E-state index contributed by atoms with van der Waals surface area (Å²) in [4.78, 5) is 0. The van der Waals surface area contributed by atoms with Crippen LogP contribution in [0, 0.1) is 0 Å². The topological polar surface area (TPSA) is 89.8 Å². The van der Waals surface area contributed by atoms with Crippen LogP contribution in [0.25, 0.3) is 0 Å². The molecule has 2 N–H and O–H groups in total. The van der Waals surface area contributed by atoms with E-state index < -0.39 is 24.1 Å². The minimum absolute atomic E-state index is 0. The summed E-state index contributed by atoms with van der Waals surface area (Å²) in [7, 11) is 0. The summed E-state index contributed by atoms with van der Waals surface area (Å²) in [6.45, 7) is -0.614. The smallest absolute Gasteiger partial charge is 0.750 e. The summed E-state index contributed by atoms with van der Waals surface area (Å²) >= 11 is -2.62. The zero-order valence-electron chi connectivity index (χ0n) is 6.23. The summed E-state index contributed by atoms with van der Waals surface area (Å²) in [6.07, 6.45) is -0.701. The molecule has 2 unspecified atom stereocenters. The summed E-state index contributed by atoms with van der Waals surface area (Å²) < 4.78 is 23.8. The molecular formula is C4H9NaO5S. The molecule has 0 bridgehead atoms. The Morgan fingerprint density at radius 3 is 2.36 bits per heavy atom. The van der Waals surface area contributed by atoms with Crippen LogP contribution in [0.1, 0.15) is 6.42 Å². The van der Waals surface area contributed by atoms with Gasteiger partial charge in [-0.15, -0.1) is 0 Å². The van der Waals surface area contributed by atoms with Crippen LogP contribution >= 0.6 is 0 Å². The molecule has 11 heavy (non-hydrogen) atoms. The van der Waals surface area contributed by atoms with Crippen molar-refractivity contribution >= 4 is 11.4 Å². The molecule has 0 amide bonds. The van der Waals surface area contributed by atoms with Crippen molar-refractivity contribution in [3.63, 3.8) is 0 Å². The van der Waals surface area contributed by atoms with Gasteiger partial charge in [0.25, 0.3) is 0 Å². The molecule has 62 valence electrons. The summed E-state index contributed by atoms with van der Waals surface area (Å²) in [5.74, 6) is 0. The van der Waals surface area contributed by atoms with Gasteiger partial charge in [-0.05, 0) is 0 Å². The maximum Gasteiger partial charge on any atom is 1.00 e.